The van der Waals surface area contributed by atoms with Crippen molar-refractivity contribution in [3.63, 3.8) is 0 Å². The number of nitrogens with two attached hydrogens (primary N) is 2. The summed E-state index contributed by atoms with van der Waals surface area (Å²) in [5.41, 5.74) is 7.89. The van der Waals surface area contributed by atoms with E-state index in [1.807, 2.05) is 11.0 Å². The SMILES string of the molecule is C/C(=C\C=C\[C@@]1(C)OC(=O)[C@]23CC=C(C(=O)N4CCNCC4)CC[C@]2(O)[C@H]1CC3)C(=O)O.NCCCCC(N)C(=O)O. The van der Waals surface area contributed by atoms with Crippen LogP contribution < -0.4 is 16.8 Å². The minimum Gasteiger partial charge on any atom is -0.480 e. The molecular weight excluding hydrogens is 544 g/mol. The van der Waals surface area contributed by atoms with Gasteiger partial charge in [0.1, 0.15) is 17.1 Å². The summed E-state index contributed by atoms with van der Waals surface area (Å²) in [5, 5.41) is 32.6. The molecule has 12 nitrogen and oxygen atoms in total. The van der Waals surface area contributed by atoms with Gasteiger partial charge < -0.3 is 41.7 Å². The molecule has 2 bridgehead atoms. The average Bonchev–Trinajstić information content (AvgIpc) is 3.09. The molecule has 5 atom stereocenters. The number of rotatable bonds is 9. The van der Waals surface area contributed by atoms with Crippen LogP contribution in [-0.2, 0) is 23.9 Å². The molecule has 2 heterocycles. The second-order valence-corrected chi connectivity index (χ2v) is 11.9. The Hall–Kier alpha value is -3.06. The third-order valence-corrected chi connectivity index (χ3v) is 9.21. The van der Waals surface area contributed by atoms with Crippen molar-refractivity contribution < 1.29 is 39.2 Å². The van der Waals surface area contributed by atoms with E-state index in [0.29, 0.717) is 63.7 Å². The van der Waals surface area contributed by atoms with Crippen LogP contribution in [0.2, 0.25) is 0 Å². The lowest BCUT2D eigenvalue weighted by molar-refractivity contribution is -0.224. The Kier molecular flexibility index (Phi) is 11.1. The zero-order valence-corrected chi connectivity index (χ0v) is 24.6. The summed E-state index contributed by atoms with van der Waals surface area (Å²) < 4.78 is 5.90. The van der Waals surface area contributed by atoms with E-state index in [4.69, 9.17) is 26.4 Å². The Bertz CT molecular complexity index is 1130. The Morgan fingerprint density at radius 2 is 1.90 bits per heavy atom. The van der Waals surface area contributed by atoms with Gasteiger partial charge in [-0.2, -0.15) is 0 Å². The number of esters is 1. The number of nitrogens with zero attached hydrogens (tertiary/aromatic N) is 1. The second kappa shape index (κ2) is 13.9. The number of carbonyl (C=O) groups is 4. The van der Waals surface area contributed by atoms with Crippen molar-refractivity contribution in [1.29, 1.82) is 0 Å². The zero-order valence-electron chi connectivity index (χ0n) is 24.6. The number of amides is 1. The van der Waals surface area contributed by atoms with E-state index in [-0.39, 0.29) is 17.4 Å². The topological polar surface area (TPSA) is 206 Å². The first-order valence-electron chi connectivity index (χ1n) is 14.7. The molecule has 0 radical (unpaired) electrons. The molecule has 0 aromatic heterocycles. The molecule has 2 aliphatic heterocycles. The fourth-order valence-electron chi connectivity index (χ4n) is 6.59. The van der Waals surface area contributed by atoms with E-state index in [0.717, 1.165) is 25.9 Å². The van der Waals surface area contributed by atoms with Crippen LogP contribution in [0.4, 0.5) is 0 Å². The number of aliphatic hydroxyl groups is 1. The fourth-order valence-corrected chi connectivity index (χ4v) is 6.59. The van der Waals surface area contributed by atoms with Gasteiger partial charge in [-0.05, 0) is 71.4 Å². The molecule has 0 aromatic carbocycles. The van der Waals surface area contributed by atoms with Gasteiger partial charge in [-0.25, -0.2) is 4.79 Å². The highest BCUT2D eigenvalue weighted by Gasteiger charge is 2.71. The first kappa shape index (κ1) is 33.4. The number of allylic oxidation sites excluding steroid dienone is 3. The van der Waals surface area contributed by atoms with Crippen molar-refractivity contribution in [1.82, 2.24) is 10.2 Å². The van der Waals surface area contributed by atoms with E-state index in [2.05, 4.69) is 5.32 Å². The van der Waals surface area contributed by atoms with Gasteiger partial charge in [0.05, 0.1) is 5.60 Å². The highest BCUT2D eigenvalue weighted by molar-refractivity contribution is 5.94. The summed E-state index contributed by atoms with van der Waals surface area (Å²) in [7, 11) is 0. The standard InChI is InChI=1S/C24H32N2O6.C6H14N2O2/c1-16(20(28)29)4-3-8-22(2)18-7-10-23(21(30)32-22)9-5-17(6-11-24(18,23)31)19(27)26-14-12-25-13-15-26;7-4-2-1-3-5(8)6(9)10/h3-5,8,18,25,31H,6-7,9-15H2,1-2H3,(H,28,29);5H,1-4,7-8H2,(H,9,10)/b8-3+,16-4+;/t18-,22+,23+,24-;/m0./s1. The van der Waals surface area contributed by atoms with Crippen LogP contribution in [0.15, 0.2) is 35.5 Å². The first-order valence-corrected chi connectivity index (χ1v) is 14.7. The van der Waals surface area contributed by atoms with Gasteiger partial charge >= 0.3 is 17.9 Å². The minimum absolute atomic E-state index is 0.00803. The predicted molar refractivity (Wildman–Crippen MR) is 155 cm³/mol. The van der Waals surface area contributed by atoms with Crippen LogP contribution >= 0.6 is 0 Å². The highest BCUT2D eigenvalue weighted by Crippen LogP contribution is 2.63. The van der Waals surface area contributed by atoms with Crippen molar-refractivity contribution in [3.8, 4) is 0 Å². The Morgan fingerprint density at radius 3 is 2.52 bits per heavy atom. The zero-order chi connectivity index (χ0) is 31.1. The largest absolute Gasteiger partial charge is 0.480 e. The molecule has 4 rings (SSSR count). The van der Waals surface area contributed by atoms with Crippen molar-refractivity contribution in [2.24, 2.45) is 22.8 Å². The van der Waals surface area contributed by atoms with Crippen molar-refractivity contribution in [2.45, 2.75) is 82.5 Å². The summed E-state index contributed by atoms with van der Waals surface area (Å²) >= 11 is 0. The molecule has 1 saturated carbocycles. The third-order valence-electron chi connectivity index (χ3n) is 9.21. The second-order valence-electron chi connectivity index (χ2n) is 11.9. The number of hydrogen-bond acceptors (Lipinski definition) is 9. The number of carboxylic acid groups (broad SMARTS) is 2. The van der Waals surface area contributed by atoms with E-state index in [9.17, 15) is 24.3 Å². The number of nitrogens with one attached hydrogen (secondary N) is 1. The van der Waals surface area contributed by atoms with Gasteiger partial charge in [-0.1, -0.05) is 24.6 Å². The molecular formula is C30H46N4O8. The normalized spacial score (nSPS) is 31.7. The smallest absolute Gasteiger partial charge is 0.331 e. The quantitative estimate of drug-likeness (QED) is 0.0970. The molecule has 2 aliphatic carbocycles. The summed E-state index contributed by atoms with van der Waals surface area (Å²) in [6, 6.07) is -0.716. The molecule has 42 heavy (non-hydrogen) atoms. The van der Waals surface area contributed by atoms with Gasteiger partial charge in [0.15, 0.2) is 0 Å². The summed E-state index contributed by atoms with van der Waals surface area (Å²) in [6.07, 6.45) is 10.9. The number of carboxylic acids is 2. The maximum absolute atomic E-state index is 13.3. The van der Waals surface area contributed by atoms with E-state index >= 15 is 0 Å². The number of aliphatic carboxylic acids is 2. The molecule has 0 aromatic rings. The molecule has 2 saturated heterocycles. The molecule has 1 unspecified atom stereocenters. The minimum atomic E-state index is -1.28. The molecule has 4 aliphatic rings. The van der Waals surface area contributed by atoms with Crippen LogP contribution in [0, 0.1) is 11.3 Å². The van der Waals surface area contributed by atoms with Crippen LogP contribution in [0.25, 0.3) is 0 Å². The van der Waals surface area contributed by atoms with Gasteiger partial charge in [-0.3, -0.25) is 14.4 Å². The van der Waals surface area contributed by atoms with Gasteiger partial charge in [0.25, 0.3) is 0 Å². The van der Waals surface area contributed by atoms with E-state index in [1.54, 1.807) is 19.1 Å². The summed E-state index contributed by atoms with van der Waals surface area (Å²) in [6.45, 7) is 6.71. The summed E-state index contributed by atoms with van der Waals surface area (Å²) in [4.78, 5) is 49.4. The van der Waals surface area contributed by atoms with E-state index in [1.165, 1.54) is 13.0 Å². The Morgan fingerprint density at radius 1 is 1.21 bits per heavy atom. The van der Waals surface area contributed by atoms with E-state index < -0.39 is 40.6 Å². The van der Waals surface area contributed by atoms with Crippen molar-refractivity contribution in [2.75, 3.05) is 32.7 Å². The lowest BCUT2D eigenvalue weighted by Crippen LogP contribution is -2.63. The number of cyclic esters (lactones) is 1. The van der Waals surface area contributed by atoms with Gasteiger partial charge in [0.2, 0.25) is 5.91 Å². The Labute approximate surface area is 246 Å². The first-order chi connectivity index (χ1) is 19.8. The Balaban J connectivity index is 0.000000416. The number of unbranched alkanes of at least 4 members (excludes halogenated alkanes) is 1. The maximum Gasteiger partial charge on any atom is 0.331 e. The van der Waals surface area contributed by atoms with Crippen LogP contribution in [-0.4, -0.2) is 94.0 Å². The monoisotopic (exact) mass is 590 g/mol. The average molecular weight is 591 g/mol. The van der Waals surface area contributed by atoms with Crippen LogP contribution in [0.3, 0.4) is 0 Å². The lowest BCUT2D eigenvalue weighted by atomic mass is 9.62. The maximum atomic E-state index is 13.3. The van der Waals surface area contributed by atoms with Crippen LogP contribution in [0.1, 0.15) is 65.2 Å². The van der Waals surface area contributed by atoms with Crippen molar-refractivity contribution in [3.05, 3.63) is 35.5 Å². The van der Waals surface area contributed by atoms with Crippen LogP contribution in [0.5, 0.6) is 0 Å². The summed E-state index contributed by atoms with van der Waals surface area (Å²) in [5.74, 6) is -2.73. The van der Waals surface area contributed by atoms with Crippen molar-refractivity contribution >= 4 is 23.8 Å². The highest BCUT2D eigenvalue weighted by atomic mass is 16.6. The molecule has 234 valence electrons. The molecule has 8 N–H and O–H groups in total. The van der Waals surface area contributed by atoms with Gasteiger partial charge in [-0.15, -0.1) is 0 Å². The number of piperazine rings is 1. The fraction of sp³-hybridized carbons (Fsp3) is 0.667. The lowest BCUT2D eigenvalue weighted by Gasteiger charge is -2.52. The van der Waals surface area contributed by atoms with Gasteiger partial charge in [0, 0.05) is 43.2 Å². The number of ether oxygens (including phenoxy) is 1. The molecule has 0 spiro atoms. The predicted octanol–water partition coefficient (Wildman–Crippen LogP) is 1.09. The number of carbonyl (C=O) groups excluding carboxylic acids is 2. The molecule has 12 heteroatoms. The molecule has 3 fully saturated rings. The third kappa shape index (κ3) is 6.94. The molecule has 1 amide bonds. The number of hydrogen-bond donors (Lipinski definition) is 6.